The summed E-state index contributed by atoms with van der Waals surface area (Å²) in [4.78, 5) is 18.0. The fourth-order valence-electron chi connectivity index (χ4n) is 3.18. The van der Waals surface area contributed by atoms with Crippen molar-refractivity contribution in [1.29, 1.82) is 0 Å². The number of hydrogen-bond donors (Lipinski definition) is 1. The summed E-state index contributed by atoms with van der Waals surface area (Å²) in [6.45, 7) is 2.48. The van der Waals surface area contributed by atoms with Crippen LogP contribution in [0.1, 0.15) is 12.5 Å². The van der Waals surface area contributed by atoms with Gasteiger partial charge in [-0.2, -0.15) is 17.5 Å². The fraction of sp³-hybridized carbons (Fsp3) is 0.368. The predicted molar refractivity (Wildman–Crippen MR) is 109 cm³/mol. The second kappa shape index (κ2) is 9.11. The second-order valence-corrected chi connectivity index (χ2v) is 9.27. The van der Waals surface area contributed by atoms with Crippen molar-refractivity contribution in [2.75, 3.05) is 31.5 Å². The number of amides is 1. The van der Waals surface area contributed by atoms with Crippen molar-refractivity contribution in [3.8, 4) is 0 Å². The van der Waals surface area contributed by atoms with E-state index < -0.39 is 27.8 Å². The Morgan fingerprint density at radius 1 is 1.13 bits per heavy atom. The first-order valence-electron chi connectivity index (χ1n) is 9.33. The average molecular weight is 477 g/mol. The molecule has 12 heteroatoms. The quantitative estimate of drug-likeness (QED) is 0.671. The molecule has 1 amide bonds. The Morgan fingerprint density at radius 3 is 2.29 bits per heavy atom. The zero-order valence-corrected chi connectivity index (χ0v) is 18.0. The number of nitrogens with zero attached hydrogens (tertiary/aromatic N) is 3. The van der Waals surface area contributed by atoms with Gasteiger partial charge < -0.3 is 5.32 Å². The highest BCUT2D eigenvalue weighted by Gasteiger charge is 2.34. The summed E-state index contributed by atoms with van der Waals surface area (Å²) in [5.41, 5.74) is -0.533. The highest BCUT2D eigenvalue weighted by atomic mass is 35.5. The molecule has 1 N–H and O–H groups in total. The third-order valence-electron chi connectivity index (χ3n) is 5.04. The van der Waals surface area contributed by atoms with Gasteiger partial charge in [0.25, 0.3) is 0 Å². The number of benzene rings is 1. The van der Waals surface area contributed by atoms with Gasteiger partial charge in [-0.1, -0.05) is 11.6 Å². The lowest BCUT2D eigenvalue weighted by Crippen LogP contribution is -2.53. The van der Waals surface area contributed by atoms with E-state index in [0.717, 1.165) is 24.3 Å². The van der Waals surface area contributed by atoms with E-state index in [0.29, 0.717) is 5.69 Å². The maximum absolute atomic E-state index is 12.8. The van der Waals surface area contributed by atoms with Gasteiger partial charge in [-0.05, 0) is 43.3 Å². The highest BCUT2D eigenvalue weighted by molar-refractivity contribution is 7.89. The third kappa shape index (κ3) is 5.35. The van der Waals surface area contributed by atoms with Crippen molar-refractivity contribution in [1.82, 2.24) is 14.2 Å². The van der Waals surface area contributed by atoms with Crippen LogP contribution in [0.25, 0.3) is 0 Å². The minimum Gasteiger partial charge on any atom is -0.322 e. The molecule has 1 unspecified atom stereocenters. The van der Waals surface area contributed by atoms with Crippen molar-refractivity contribution in [2.24, 2.45) is 0 Å². The van der Waals surface area contributed by atoms with E-state index in [1.165, 1.54) is 10.5 Å². The van der Waals surface area contributed by atoms with Crippen molar-refractivity contribution >= 4 is 33.2 Å². The lowest BCUT2D eigenvalue weighted by Gasteiger charge is -2.36. The summed E-state index contributed by atoms with van der Waals surface area (Å²) in [5.74, 6) is -0.311. The van der Waals surface area contributed by atoms with Crippen LogP contribution in [0.3, 0.4) is 0 Å². The molecule has 31 heavy (non-hydrogen) atoms. The molecule has 0 saturated carbocycles. The van der Waals surface area contributed by atoms with Gasteiger partial charge >= 0.3 is 6.18 Å². The number of rotatable bonds is 5. The van der Waals surface area contributed by atoms with Gasteiger partial charge in [-0.15, -0.1) is 0 Å². The monoisotopic (exact) mass is 476 g/mol. The second-order valence-electron chi connectivity index (χ2n) is 6.97. The first kappa shape index (κ1) is 23.5. The Kier molecular flexibility index (Phi) is 6.89. The molecular formula is C19H20ClF3N4O3S. The van der Waals surface area contributed by atoms with Crippen LogP contribution in [0.15, 0.2) is 47.5 Å². The highest BCUT2D eigenvalue weighted by Crippen LogP contribution is 2.30. The molecule has 3 rings (SSSR count). The van der Waals surface area contributed by atoms with Gasteiger partial charge in [-0.3, -0.25) is 9.69 Å². The zero-order chi connectivity index (χ0) is 22.8. The first-order chi connectivity index (χ1) is 14.5. The summed E-state index contributed by atoms with van der Waals surface area (Å²) in [7, 11) is -3.93. The van der Waals surface area contributed by atoms with E-state index in [4.69, 9.17) is 11.6 Å². The number of carbonyl (C=O) groups is 1. The average Bonchev–Trinajstić information content (AvgIpc) is 2.74. The largest absolute Gasteiger partial charge is 0.416 e. The SMILES string of the molecule is CC(C(=O)Nc1cccnc1Cl)N1CCN(S(=O)(=O)c2ccc(C(F)(F)F)cc2)CC1. The minimum atomic E-state index is -4.54. The molecule has 2 heterocycles. The van der Waals surface area contributed by atoms with Crippen LogP contribution < -0.4 is 5.32 Å². The number of piperazine rings is 1. The van der Waals surface area contributed by atoms with Crippen molar-refractivity contribution in [3.63, 3.8) is 0 Å². The molecule has 0 spiro atoms. The Morgan fingerprint density at radius 2 is 1.74 bits per heavy atom. The number of hydrogen-bond acceptors (Lipinski definition) is 5. The van der Waals surface area contributed by atoms with E-state index >= 15 is 0 Å². The van der Waals surface area contributed by atoms with Crippen LogP contribution in [0.2, 0.25) is 5.15 Å². The van der Waals surface area contributed by atoms with Crippen LogP contribution in [0.4, 0.5) is 18.9 Å². The molecule has 1 atom stereocenters. The number of sulfonamides is 1. The van der Waals surface area contributed by atoms with Crippen LogP contribution in [0, 0.1) is 0 Å². The van der Waals surface area contributed by atoms with Gasteiger partial charge in [0.05, 0.1) is 22.2 Å². The number of nitrogens with one attached hydrogen (secondary N) is 1. The normalized spacial score (nSPS) is 17.3. The molecule has 1 aromatic carbocycles. The van der Waals surface area contributed by atoms with E-state index in [2.05, 4.69) is 10.3 Å². The molecule has 0 radical (unpaired) electrons. The van der Waals surface area contributed by atoms with Crippen LogP contribution in [0.5, 0.6) is 0 Å². The van der Waals surface area contributed by atoms with Crippen molar-refractivity contribution in [2.45, 2.75) is 24.0 Å². The van der Waals surface area contributed by atoms with E-state index in [-0.39, 0.29) is 42.1 Å². The molecule has 0 bridgehead atoms. The maximum Gasteiger partial charge on any atom is 0.416 e. The van der Waals surface area contributed by atoms with Crippen LogP contribution in [-0.2, 0) is 21.0 Å². The number of aromatic nitrogens is 1. The third-order valence-corrected chi connectivity index (χ3v) is 7.25. The summed E-state index contributed by atoms with van der Waals surface area (Å²) in [6.07, 6.45) is -3.04. The fourth-order valence-corrected chi connectivity index (χ4v) is 4.77. The lowest BCUT2D eigenvalue weighted by molar-refractivity contribution is -0.137. The number of pyridine rings is 1. The topological polar surface area (TPSA) is 82.6 Å². The van der Waals surface area contributed by atoms with Crippen LogP contribution >= 0.6 is 11.6 Å². The lowest BCUT2D eigenvalue weighted by atomic mass is 10.2. The Hall–Kier alpha value is -2.21. The molecular weight excluding hydrogens is 457 g/mol. The van der Waals surface area contributed by atoms with E-state index in [1.54, 1.807) is 19.1 Å². The molecule has 1 aliphatic rings. The van der Waals surface area contributed by atoms with Gasteiger partial charge in [0, 0.05) is 32.4 Å². The molecule has 1 aromatic heterocycles. The Balaban J connectivity index is 1.61. The summed E-state index contributed by atoms with van der Waals surface area (Å²) < 4.78 is 64.8. The zero-order valence-electron chi connectivity index (χ0n) is 16.4. The Bertz CT molecular complexity index is 1040. The molecule has 1 fully saturated rings. The van der Waals surface area contributed by atoms with Gasteiger partial charge in [0.15, 0.2) is 5.15 Å². The maximum atomic E-state index is 12.8. The number of carbonyl (C=O) groups excluding carboxylic acids is 1. The van der Waals surface area contributed by atoms with E-state index in [1.807, 2.05) is 4.90 Å². The molecule has 2 aromatic rings. The minimum absolute atomic E-state index is 0.106. The molecule has 1 saturated heterocycles. The van der Waals surface area contributed by atoms with Crippen LogP contribution in [-0.4, -0.2) is 60.7 Å². The molecule has 168 valence electrons. The smallest absolute Gasteiger partial charge is 0.322 e. The summed E-state index contributed by atoms with van der Waals surface area (Å²) >= 11 is 5.95. The Labute approximate surface area is 182 Å². The predicted octanol–water partition coefficient (Wildman–Crippen LogP) is 3.09. The van der Waals surface area contributed by atoms with Gasteiger partial charge in [0.2, 0.25) is 15.9 Å². The van der Waals surface area contributed by atoms with E-state index in [9.17, 15) is 26.4 Å². The summed E-state index contributed by atoms with van der Waals surface area (Å²) in [5, 5.41) is 2.86. The molecule has 0 aliphatic carbocycles. The number of halogens is 4. The van der Waals surface area contributed by atoms with Gasteiger partial charge in [0.1, 0.15) is 0 Å². The molecule has 7 nitrogen and oxygen atoms in total. The van der Waals surface area contributed by atoms with Crippen molar-refractivity contribution < 1.29 is 26.4 Å². The standard InChI is InChI=1S/C19H20ClF3N4O3S/c1-13(18(28)25-16-3-2-8-24-17(16)20)26-9-11-27(12-10-26)31(29,30)15-6-4-14(5-7-15)19(21,22)23/h2-8,13H,9-12H2,1H3,(H,25,28). The first-order valence-corrected chi connectivity index (χ1v) is 11.1. The van der Waals surface area contributed by atoms with Gasteiger partial charge in [-0.25, -0.2) is 13.4 Å². The summed E-state index contributed by atoms with van der Waals surface area (Å²) in [6, 6.07) is 6.12. The number of anilines is 1. The number of alkyl halides is 3. The molecule has 1 aliphatic heterocycles. The van der Waals surface area contributed by atoms with Crippen molar-refractivity contribution in [3.05, 3.63) is 53.3 Å².